The summed E-state index contributed by atoms with van der Waals surface area (Å²) in [6.07, 6.45) is 6.10. The summed E-state index contributed by atoms with van der Waals surface area (Å²) in [6.45, 7) is 3.32. The van der Waals surface area contributed by atoms with Crippen LogP contribution >= 0.6 is 11.8 Å². The van der Waals surface area contributed by atoms with Crippen molar-refractivity contribution in [1.29, 1.82) is 0 Å². The van der Waals surface area contributed by atoms with Gasteiger partial charge < -0.3 is 10.2 Å². The molecule has 2 nitrogen and oxygen atoms in total. The van der Waals surface area contributed by atoms with Gasteiger partial charge >= 0.3 is 0 Å². The van der Waals surface area contributed by atoms with E-state index in [9.17, 15) is 0 Å². The Morgan fingerprint density at radius 1 is 1.13 bits per heavy atom. The number of piperidine rings is 1. The van der Waals surface area contributed by atoms with Gasteiger partial charge in [0.15, 0.2) is 0 Å². The monoisotopic (exact) mass is 322 g/mol. The molecule has 0 saturated carbocycles. The molecule has 1 aromatic carbocycles. The fourth-order valence-electron chi connectivity index (χ4n) is 4.68. The quantitative estimate of drug-likeness (QED) is 0.841. The average Bonchev–Trinajstić information content (AvgIpc) is 2.77. The fraction of sp³-hybridized carbons (Fsp3) is 0.400. The summed E-state index contributed by atoms with van der Waals surface area (Å²) >= 11 is 1.97. The van der Waals surface area contributed by atoms with E-state index >= 15 is 0 Å². The molecule has 0 spiro atoms. The number of thioether (sulfide) groups is 1. The standard InChI is InChI=1S/C20H22N2S/c1-2-5-14(6-3-1)15-7-8-16-17-13-21-10-9-18(17)22-11-4-12-23-20(15)19(16)22/h1-6,12,15,18,21H,7-11,13H2. The Balaban J connectivity index is 1.66. The van der Waals surface area contributed by atoms with Gasteiger partial charge in [-0.05, 0) is 47.9 Å². The van der Waals surface area contributed by atoms with E-state index < -0.39 is 0 Å². The first-order valence-electron chi connectivity index (χ1n) is 8.74. The van der Waals surface area contributed by atoms with Crippen molar-refractivity contribution in [2.24, 2.45) is 0 Å². The van der Waals surface area contributed by atoms with Crippen LogP contribution in [-0.2, 0) is 0 Å². The van der Waals surface area contributed by atoms with Crippen molar-refractivity contribution in [1.82, 2.24) is 10.2 Å². The van der Waals surface area contributed by atoms with Gasteiger partial charge in [-0.15, -0.1) is 0 Å². The fourth-order valence-corrected chi connectivity index (χ4v) is 5.78. The van der Waals surface area contributed by atoms with Crippen LogP contribution in [0.25, 0.3) is 0 Å². The predicted molar refractivity (Wildman–Crippen MR) is 97.2 cm³/mol. The largest absolute Gasteiger partial charge is 0.360 e. The number of nitrogens with one attached hydrogen (secondary N) is 1. The highest BCUT2D eigenvalue weighted by molar-refractivity contribution is 8.05. The minimum absolute atomic E-state index is 0.568. The summed E-state index contributed by atoms with van der Waals surface area (Å²) in [4.78, 5) is 4.29. The molecule has 1 saturated heterocycles. The average molecular weight is 322 g/mol. The van der Waals surface area contributed by atoms with Crippen LogP contribution in [0.4, 0.5) is 0 Å². The lowest BCUT2D eigenvalue weighted by Crippen LogP contribution is -2.40. The van der Waals surface area contributed by atoms with Gasteiger partial charge in [0.2, 0.25) is 0 Å². The van der Waals surface area contributed by atoms with Gasteiger partial charge in [0.1, 0.15) is 0 Å². The van der Waals surface area contributed by atoms with Crippen molar-refractivity contribution in [2.45, 2.75) is 31.2 Å². The van der Waals surface area contributed by atoms with Crippen LogP contribution in [-0.4, -0.2) is 30.6 Å². The smallest absolute Gasteiger partial charge is 0.0537 e. The molecule has 3 heteroatoms. The molecule has 2 atom stereocenters. The Hall–Kier alpha value is -1.45. The SMILES string of the molecule is C1=CSC2=C3C(=C4CNCCC4N3C1)CCC2c1ccccc1. The highest BCUT2D eigenvalue weighted by Crippen LogP contribution is 2.52. The van der Waals surface area contributed by atoms with E-state index in [0.29, 0.717) is 12.0 Å². The minimum Gasteiger partial charge on any atom is -0.360 e. The van der Waals surface area contributed by atoms with Crippen molar-refractivity contribution in [2.75, 3.05) is 19.6 Å². The van der Waals surface area contributed by atoms with Crippen LogP contribution in [0.5, 0.6) is 0 Å². The third-order valence-corrected chi connectivity index (χ3v) is 6.74. The minimum atomic E-state index is 0.568. The van der Waals surface area contributed by atoms with Crippen molar-refractivity contribution in [3.63, 3.8) is 0 Å². The Morgan fingerprint density at radius 3 is 2.96 bits per heavy atom. The number of hydrogen-bond donors (Lipinski definition) is 1. The van der Waals surface area contributed by atoms with E-state index in [1.807, 2.05) is 11.8 Å². The van der Waals surface area contributed by atoms with Crippen LogP contribution in [0.2, 0.25) is 0 Å². The van der Waals surface area contributed by atoms with E-state index in [4.69, 9.17) is 0 Å². The molecule has 0 bridgehead atoms. The topological polar surface area (TPSA) is 15.3 Å². The maximum absolute atomic E-state index is 3.60. The van der Waals surface area contributed by atoms with Crippen LogP contribution in [0.3, 0.4) is 0 Å². The van der Waals surface area contributed by atoms with Crippen LogP contribution in [0.15, 0.2) is 63.6 Å². The van der Waals surface area contributed by atoms with Gasteiger partial charge in [-0.1, -0.05) is 48.2 Å². The zero-order valence-corrected chi connectivity index (χ0v) is 14.1. The molecule has 0 radical (unpaired) electrons. The number of hydrogen-bond acceptors (Lipinski definition) is 3. The van der Waals surface area contributed by atoms with Crippen molar-refractivity contribution in [3.05, 3.63) is 69.1 Å². The zero-order valence-electron chi connectivity index (χ0n) is 13.3. The molecule has 1 aliphatic carbocycles. The normalized spacial score (nSPS) is 29.5. The third kappa shape index (κ3) is 2.14. The van der Waals surface area contributed by atoms with Crippen LogP contribution in [0.1, 0.15) is 30.7 Å². The number of allylic oxidation sites excluding steroid dienone is 2. The van der Waals surface area contributed by atoms with Crippen LogP contribution < -0.4 is 5.32 Å². The number of benzene rings is 1. The molecular weight excluding hydrogens is 300 g/mol. The van der Waals surface area contributed by atoms with Gasteiger partial charge in [-0.3, -0.25) is 0 Å². The molecule has 1 aromatic rings. The third-order valence-electron chi connectivity index (χ3n) is 5.68. The maximum atomic E-state index is 3.60. The molecule has 4 aliphatic rings. The van der Waals surface area contributed by atoms with Crippen LogP contribution in [0, 0.1) is 0 Å². The Labute approximate surface area is 142 Å². The molecular formula is C20H22N2S. The maximum Gasteiger partial charge on any atom is 0.0537 e. The highest BCUT2D eigenvalue weighted by Gasteiger charge is 2.42. The van der Waals surface area contributed by atoms with E-state index in [1.165, 1.54) is 24.8 Å². The molecule has 0 amide bonds. The van der Waals surface area contributed by atoms with Gasteiger partial charge in [0, 0.05) is 23.9 Å². The van der Waals surface area contributed by atoms with Crippen molar-refractivity contribution >= 4 is 11.8 Å². The van der Waals surface area contributed by atoms with Gasteiger partial charge in [-0.2, -0.15) is 0 Å². The Bertz CT molecular complexity index is 716. The second-order valence-electron chi connectivity index (χ2n) is 6.84. The number of nitrogens with zero attached hydrogens (tertiary/aromatic N) is 1. The molecule has 3 aliphatic heterocycles. The second kappa shape index (κ2) is 5.57. The molecule has 0 aromatic heterocycles. The van der Waals surface area contributed by atoms with E-state index in [0.717, 1.165) is 19.6 Å². The summed E-state index contributed by atoms with van der Waals surface area (Å²) in [6, 6.07) is 11.7. The van der Waals surface area contributed by atoms with E-state index in [1.54, 1.807) is 21.7 Å². The molecule has 23 heavy (non-hydrogen) atoms. The van der Waals surface area contributed by atoms with E-state index in [2.05, 4.69) is 52.0 Å². The summed E-state index contributed by atoms with van der Waals surface area (Å²) in [5.74, 6) is 0.568. The predicted octanol–water partition coefficient (Wildman–Crippen LogP) is 4.01. The first-order chi connectivity index (χ1) is 11.4. The summed E-state index contributed by atoms with van der Waals surface area (Å²) in [5.41, 5.74) is 6.42. The number of rotatable bonds is 1. The van der Waals surface area contributed by atoms with Gasteiger partial charge in [0.05, 0.1) is 11.7 Å². The Morgan fingerprint density at radius 2 is 2.04 bits per heavy atom. The first-order valence-corrected chi connectivity index (χ1v) is 9.62. The summed E-state index contributed by atoms with van der Waals surface area (Å²) in [5, 5.41) is 5.92. The second-order valence-corrected chi connectivity index (χ2v) is 7.79. The lowest BCUT2D eigenvalue weighted by Gasteiger charge is -2.34. The van der Waals surface area contributed by atoms with E-state index in [-0.39, 0.29) is 0 Å². The summed E-state index contributed by atoms with van der Waals surface area (Å²) < 4.78 is 0. The Kier molecular flexibility index (Phi) is 3.38. The van der Waals surface area contributed by atoms with Gasteiger partial charge in [-0.25, -0.2) is 0 Å². The molecule has 3 heterocycles. The number of fused-ring (bicyclic) bond motifs is 2. The zero-order chi connectivity index (χ0) is 15.2. The molecule has 5 rings (SSSR count). The van der Waals surface area contributed by atoms with Gasteiger partial charge in [0.25, 0.3) is 0 Å². The molecule has 1 fully saturated rings. The lowest BCUT2D eigenvalue weighted by atomic mass is 9.84. The highest BCUT2D eigenvalue weighted by atomic mass is 32.2. The van der Waals surface area contributed by atoms with Crippen molar-refractivity contribution < 1.29 is 0 Å². The molecule has 2 unspecified atom stereocenters. The lowest BCUT2D eigenvalue weighted by molar-refractivity contribution is 0.298. The molecule has 1 N–H and O–H groups in total. The van der Waals surface area contributed by atoms with Crippen molar-refractivity contribution in [3.8, 4) is 0 Å². The molecule has 118 valence electrons. The summed E-state index contributed by atoms with van der Waals surface area (Å²) in [7, 11) is 0. The first kappa shape index (κ1) is 13.9.